The average molecular weight is 275 g/mol. The van der Waals surface area contributed by atoms with Crippen LogP contribution < -0.4 is 10.6 Å². The van der Waals surface area contributed by atoms with E-state index in [1.807, 2.05) is 18.2 Å². The lowest BCUT2D eigenvalue weighted by Crippen LogP contribution is -2.35. The molecule has 0 unspecified atom stereocenters. The number of rotatable bonds is 2. The maximum absolute atomic E-state index is 12.0. The highest BCUT2D eigenvalue weighted by Crippen LogP contribution is 2.22. The molecule has 20 heavy (non-hydrogen) atoms. The van der Waals surface area contributed by atoms with Gasteiger partial charge in [0.15, 0.2) is 0 Å². The van der Waals surface area contributed by atoms with E-state index in [4.69, 9.17) is 10.5 Å². The van der Waals surface area contributed by atoms with E-state index in [9.17, 15) is 4.79 Å². The second-order valence-corrected chi connectivity index (χ2v) is 5.57. The minimum Gasteiger partial charge on any atom is -0.444 e. The summed E-state index contributed by atoms with van der Waals surface area (Å²) in [5, 5.41) is 0. The number of likely N-dealkylation sites (tertiary alicyclic amines) is 1. The summed E-state index contributed by atoms with van der Waals surface area (Å²) in [6.07, 6.45) is 1.54. The lowest BCUT2D eigenvalue weighted by atomic mass is 10.3. The summed E-state index contributed by atoms with van der Waals surface area (Å²) in [7, 11) is 0. The number of hydrogen-bond acceptors (Lipinski definition) is 4. The number of carbonyl (C=O) groups is 1. The number of carbonyl (C=O) groups excluding carboxylic acids is 1. The zero-order valence-corrected chi connectivity index (χ0v) is 11.6. The SMILES string of the molecule is N[C@@H]1CCN(C(=O)O[C@H]2CCN(c3ccccc3)C2)C1. The minimum absolute atomic E-state index is 0.0143. The van der Waals surface area contributed by atoms with Gasteiger partial charge >= 0.3 is 6.09 Å². The van der Waals surface area contributed by atoms with E-state index in [0.717, 1.165) is 32.5 Å². The van der Waals surface area contributed by atoms with E-state index in [0.29, 0.717) is 6.54 Å². The van der Waals surface area contributed by atoms with Gasteiger partial charge in [-0.15, -0.1) is 0 Å². The van der Waals surface area contributed by atoms with Crippen LogP contribution in [0.4, 0.5) is 10.5 Å². The van der Waals surface area contributed by atoms with Gasteiger partial charge in [0.1, 0.15) is 6.10 Å². The summed E-state index contributed by atoms with van der Waals surface area (Å²) < 4.78 is 5.59. The van der Waals surface area contributed by atoms with Gasteiger partial charge in [-0.3, -0.25) is 0 Å². The van der Waals surface area contributed by atoms with Crippen molar-refractivity contribution < 1.29 is 9.53 Å². The van der Waals surface area contributed by atoms with Crippen LogP contribution in [0.25, 0.3) is 0 Å². The van der Waals surface area contributed by atoms with Crippen molar-refractivity contribution in [1.82, 2.24) is 4.90 Å². The highest BCUT2D eigenvalue weighted by atomic mass is 16.6. The Labute approximate surface area is 119 Å². The molecule has 2 atom stereocenters. The molecule has 5 heteroatoms. The molecule has 2 heterocycles. The lowest BCUT2D eigenvalue weighted by molar-refractivity contribution is 0.0772. The first kappa shape index (κ1) is 13.2. The summed E-state index contributed by atoms with van der Waals surface area (Å²) in [5.74, 6) is 0. The molecule has 5 nitrogen and oxygen atoms in total. The van der Waals surface area contributed by atoms with Gasteiger partial charge in [-0.2, -0.15) is 0 Å². The van der Waals surface area contributed by atoms with Crippen LogP contribution in [0.2, 0.25) is 0 Å². The Morgan fingerprint density at radius 1 is 1.15 bits per heavy atom. The molecule has 2 aliphatic heterocycles. The number of anilines is 1. The number of amides is 1. The second-order valence-electron chi connectivity index (χ2n) is 5.57. The predicted molar refractivity (Wildman–Crippen MR) is 77.7 cm³/mol. The lowest BCUT2D eigenvalue weighted by Gasteiger charge is -2.21. The first-order valence-electron chi connectivity index (χ1n) is 7.23. The Hall–Kier alpha value is -1.75. The summed E-state index contributed by atoms with van der Waals surface area (Å²) in [6.45, 7) is 3.04. The molecule has 2 N–H and O–H groups in total. The Morgan fingerprint density at radius 2 is 1.95 bits per heavy atom. The number of hydrogen-bond donors (Lipinski definition) is 1. The number of para-hydroxylation sites is 1. The van der Waals surface area contributed by atoms with E-state index in [1.54, 1.807) is 4.90 Å². The highest BCUT2D eigenvalue weighted by molar-refractivity contribution is 5.68. The summed E-state index contributed by atoms with van der Waals surface area (Å²) in [5.41, 5.74) is 7.00. The van der Waals surface area contributed by atoms with Crippen molar-refractivity contribution in [3.63, 3.8) is 0 Å². The molecule has 0 bridgehead atoms. The van der Waals surface area contributed by atoms with Crippen molar-refractivity contribution in [2.75, 3.05) is 31.1 Å². The van der Waals surface area contributed by atoms with E-state index in [-0.39, 0.29) is 18.2 Å². The van der Waals surface area contributed by atoms with Crippen molar-refractivity contribution in [2.24, 2.45) is 5.73 Å². The van der Waals surface area contributed by atoms with Crippen molar-refractivity contribution in [2.45, 2.75) is 25.0 Å². The standard InChI is InChI=1S/C15H21N3O2/c16-12-6-8-18(10-12)15(19)20-14-7-9-17(11-14)13-4-2-1-3-5-13/h1-5,12,14H,6-11,16H2/t12-,14+/m1/s1. The van der Waals surface area contributed by atoms with Gasteiger partial charge in [-0.1, -0.05) is 18.2 Å². The van der Waals surface area contributed by atoms with Crippen LogP contribution in [0.3, 0.4) is 0 Å². The largest absolute Gasteiger partial charge is 0.444 e. The van der Waals surface area contributed by atoms with Crippen LogP contribution in [0, 0.1) is 0 Å². The third-order valence-corrected chi connectivity index (χ3v) is 4.02. The minimum atomic E-state index is -0.210. The van der Waals surface area contributed by atoms with Gasteiger partial charge in [0, 0.05) is 37.8 Å². The molecule has 1 aromatic carbocycles. The Bertz CT molecular complexity index is 465. The molecule has 1 aromatic rings. The molecule has 1 amide bonds. The molecular weight excluding hydrogens is 254 g/mol. The summed E-state index contributed by atoms with van der Waals surface area (Å²) >= 11 is 0. The molecule has 0 saturated carbocycles. The quantitative estimate of drug-likeness (QED) is 0.887. The Morgan fingerprint density at radius 3 is 2.65 bits per heavy atom. The Kier molecular flexibility index (Phi) is 3.78. The van der Waals surface area contributed by atoms with Crippen molar-refractivity contribution in [3.8, 4) is 0 Å². The fourth-order valence-corrected chi connectivity index (χ4v) is 2.87. The van der Waals surface area contributed by atoms with Crippen molar-refractivity contribution in [1.29, 1.82) is 0 Å². The fourth-order valence-electron chi connectivity index (χ4n) is 2.87. The zero-order chi connectivity index (χ0) is 13.9. The molecule has 0 spiro atoms. The van der Waals surface area contributed by atoms with Crippen LogP contribution in [0.5, 0.6) is 0 Å². The third kappa shape index (κ3) is 2.88. The zero-order valence-electron chi connectivity index (χ0n) is 11.6. The topological polar surface area (TPSA) is 58.8 Å². The van der Waals surface area contributed by atoms with E-state index in [1.165, 1.54) is 5.69 Å². The van der Waals surface area contributed by atoms with Crippen LogP contribution >= 0.6 is 0 Å². The smallest absolute Gasteiger partial charge is 0.410 e. The second kappa shape index (κ2) is 5.71. The van der Waals surface area contributed by atoms with Crippen molar-refractivity contribution >= 4 is 11.8 Å². The molecule has 3 rings (SSSR count). The molecule has 2 fully saturated rings. The van der Waals surface area contributed by atoms with Gasteiger partial charge in [0.2, 0.25) is 0 Å². The number of ether oxygens (including phenoxy) is 1. The normalized spacial score (nSPS) is 26.1. The summed E-state index contributed by atoms with van der Waals surface area (Å²) in [4.78, 5) is 16.0. The first-order valence-corrected chi connectivity index (χ1v) is 7.23. The maximum Gasteiger partial charge on any atom is 0.410 e. The fraction of sp³-hybridized carbons (Fsp3) is 0.533. The van der Waals surface area contributed by atoms with Gasteiger partial charge in [0.05, 0.1) is 6.54 Å². The molecule has 108 valence electrons. The first-order chi connectivity index (χ1) is 9.72. The molecular formula is C15H21N3O2. The number of nitrogens with two attached hydrogens (primary N) is 1. The number of benzene rings is 1. The van der Waals surface area contributed by atoms with Crippen LogP contribution in [0.15, 0.2) is 30.3 Å². The van der Waals surface area contributed by atoms with Gasteiger partial charge in [0.25, 0.3) is 0 Å². The van der Waals surface area contributed by atoms with Crippen LogP contribution in [-0.4, -0.2) is 49.3 Å². The molecule has 0 aromatic heterocycles. The average Bonchev–Trinajstić information content (AvgIpc) is 3.09. The van der Waals surface area contributed by atoms with E-state index in [2.05, 4.69) is 17.0 Å². The van der Waals surface area contributed by atoms with Crippen LogP contribution in [-0.2, 0) is 4.74 Å². The monoisotopic (exact) mass is 275 g/mol. The molecule has 2 saturated heterocycles. The predicted octanol–water partition coefficient (Wildman–Crippen LogP) is 1.43. The molecule has 0 radical (unpaired) electrons. The van der Waals surface area contributed by atoms with E-state index < -0.39 is 0 Å². The highest BCUT2D eigenvalue weighted by Gasteiger charge is 2.30. The van der Waals surface area contributed by atoms with Crippen molar-refractivity contribution in [3.05, 3.63) is 30.3 Å². The van der Waals surface area contributed by atoms with Gasteiger partial charge in [-0.25, -0.2) is 4.79 Å². The molecule has 2 aliphatic rings. The third-order valence-electron chi connectivity index (χ3n) is 4.02. The maximum atomic E-state index is 12.0. The molecule has 0 aliphatic carbocycles. The van der Waals surface area contributed by atoms with Crippen LogP contribution in [0.1, 0.15) is 12.8 Å². The number of nitrogens with zero attached hydrogens (tertiary/aromatic N) is 2. The van der Waals surface area contributed by atoms with Gasteiger partial charge in [-0.05, 0) is 18.6 Å². The van der Waals surface area contributed by atoms with E-state index >= 15 is 0 Å². The van der Waals surface area contributed by atoms with Gasteiger partial charge < -0.3 is 20.3 Å². The summed E-state index contributed by atoms with van der Waals surface area (Å²) in [6, 6.07) is 10.3. The Balaban J connectivity index is 1.52.